The van der Waals surface area contributed by atoms with Gasteiger partial charge in [-0.3, -0.25) is 13.9 Å². The van der Waals surface area contributed by atoms with Crippen molar-refractivity contribution in [2.75, 3.05) is 10.8 Å². The number of nitrogens with zero attached hydrogens (tertiary/aromatic N) is 2. The van der Waals surface area contributed by atoms with Gasteiger partial charge in [-0.15, -0.1) is 0 Å². The first kappa shape index (κ1) is 33.7. The molecule has 45 heavy (non-hydrogen) atoms. The van der Waals surface area contributed by atoms with E-state index in [0.717, 1.165) is 26.6 Å². The molecule has 0 aliphatic rings. The second-order valence-corrected chi connectivity index (χ2v) is 14.6. The minimum absolute atomic E-state index is 0.0484. The molecule has 236 valence electrons. The van der Waals surface area contributed by atoms with Crippen LogP contribution in [-0.2, 0) is 32.6 Å². The molecule has 7 nitrogen and oxygen atoms in total. The molecule has 0 spiro atoms. The maximum atomic E-state index is 14.5. The maximum Gasteiger partial charge on any atom is 0.264 e. The SMILES string of the molecule is Cc1ccc(CN(C(=O)CN(c2ccc(Cl)cc2)S(=O)(=O)c2ccc(C)cc2)C(Cc2ccccc2)C(=O)NC(C)(C)C)cc1. The second-order valence-electron chi connectivity index (χ2n) is 12.3. The predicted octanol–water partition coefficient (Wildman–Crippen LogP) is 6.71. The van der Waals surface area contributed by atoms with E-state index < -0.39 is 34.1 Å². The lowest BCUT2D eigenvalue weighted by Gasteiger charge is -2.35. The van der Waals surface area contributed by atoms with Crippen molar-refractivity contribution >= 4 is 39.1 Å². The highest BCUT2D eigenvalue weighted by atomic mass is 35.5. The summed E-state index contributed by atoms with van der Waals surface area (Å²) in [6.07, 6.45) is 0.242. The average Bonchev–Trinajstić information content (AvgIpc) is 2.99. The van der Waals surface area contributed by atoms with E-state index in [-0.39, 0.29) is 29.5 Å². The third kappa shape index (κ3) is 9.19. The number of halogens is 1. The number of anilines is 1. The standard InChI is InChI=1S/C36H40ClN3O4S/c1-26-11-15-29(16-12-26)24-39(33(35(42)38-36(3,4)5)23-28-9-7-6-8-10-28)34(41)25-40(31-19-17-30(37)18-20-31)45(43,44)32-21-13-27(2)14-22-32/h6-22,33H,23-25H2,1-5H3,(H,38,42). The Morgan fingerprint density at radius 1 is 0.778 bits per heavy atom. The largest absolute Gasteiger partial charge is 0.350 e. The third-order valence-corrected chi connectivity index (χ3v) is 9.29. The Kier molecular flexibility index (Phi) is 10.7. The minimum Gasteiger partial charge on any atom is -0.350 e. The van der Waals surface area contributed by atoms with Crippen LogP contribution in [0.2, 0.25) is 5.02 Å². The lowest BCUT2D eigenvalue weighted by Crippen LogP contribution is -2.56. The Balaban J connectivity index is 1.81. The van der Waals surface area contributed by atoms with Crippen molar-refractivity contribution in [3.8, 4) is 0 Å². The number of nitrogens with one attached hydrogen (secondary N) is 1. The molecule has 0 saturated carbocycles. The molecule has 1 N–H and O–H groups in total. The van der Waals surface area contributed by atoms with Gasteiger partial charge in [-0.25, -0.2) is 8.42 Å². The van der Waals surface area contributed by atoms with Crippen molar-refractivity contribution in [1.29, 1.82) is 0 Å². The van der Waals surface area contributed by atoms with Gasteiger partial charge in [0, 0.05) is 23.5 Å². The Bertz CT molecular complexity index is 1700. The molecular weight excluding hydrogens is 606 g/mol. The van der Waals surface area contributed by atoms with Crippen LogP contribution < -0.4 is 9.62 Å². The molecule has 0 aliphatic heterocycles. The van der Waals surface area contributed by atoms with Crippen molar-refractivity contribution in [1.82, 2.24) is 10.2 Å². The summed E-state index contributed by atoms with van der Waals surface area (Å²) in [5.41, 5.74) is 3.36. The lowest BCUT2D eigenvalue weighted by atomic mass is 10.0. The topological polar surface area (TPSA) is 86.8 Å². The molecule has 0 aromatic heterocycles. The molecule has 0 heterocycles. The van der Waals surface area contributed by atoms with Gasteiger partial charge in [-0.05, 0) is 82.1 Å². The number of amides is 2. The third-order valence-electron chi connectivity index (χ3n) is 7.25. The number of carbonyl (C=O) groups excluding carboxylic acids is 2. The molecule has 4 aromatic rings. The first-order valence-electron chi connectivity index (χ1n) is 14.8. The van der Waals surface area contributed by atoms with Crippen LogP contribution in [0.3, 0.4) is 0 Å². The van der Waals surface area contributed by atoms with E-state index in [0.29, 0.717) is 5.02 Å². The normalized spacial score (nSPS) is 12.3. The fourth-order valence-corrected chi connectivity index (χ4v) is 6.41. The van der Waals surface area contributed by atoms with Crippen LogP contribution in [-0.4, -0.2) is 43.3 Å². The monoisotopic (exact) mass is 645 g/mol. The summed E-state index contributed by atoms with van der Waals surface area (Å²) >= 11 is 6.14. The molecule has 0 bridgehead atoms. The molecule has 1 atom stereocenters. The number of benzene rings is 4. The quantitative estimate of drug-likeness (QED) is 0.197. The summed E-state index contributed by atoms with van der Waals surface area (Å²) < 4.78 is 29.3. The number of aryl methyl sites for hydroxylation is 2. The molecule has 4 aromatic carbocycles. The number of hydrogen-bond acceptors (Lipinski definition) is 4. The summed E-state index contributed by atoms with van der Waals surface area (Å²) in [6.45, 7) is 9.06. The molecular formula is C36H40ClN3O4S. The van der Waals surface area contributed by atoms with E-state index in [1.165, 1.54) is 17.0 Å². The fraction of sp³-hybridized carbons (Fsp3) is 0.278. The van der Waals surface area contributed by atoms with Gasteiger partial charge in [0.15, 0.2) is 0 Å². The van der Waals surface area contributed by atoms with Gasteiger partial charge in [-0.1, -0.05) is 89.5 Å². The van der Waals surface area contributed by atoms with Crippen molar-refractivity contribution in [3.63, 3.8) is 0 Å². The average molecular weight is 646 g/mol. The van der Waals surface area contributed by atoms with E-state index in [1.807, 2.05) is 89.2 Å². The van der Waals surface area contributed by atoms with E-state index in [2.05, 4.69) is 5.32 Å². The van der Waals surface area contributed by atoms with E-state index in [9.17, 15) is 18.0 Å². The number of sulfonamides is 1. The van der Waals surface area contributed by atoms with Gasteiger partial charge >= 0.3 is 0 Å². The molecule has 4 rings (SSSR count). The van der Waals surface area contributed by atoms with Crippen molar-refractivity contribution in [2.45, 2.75) is 64.1 Å². The minimum atomic E-state index is -4.18. The smallest absolute Gasteiger partial charge is 0.264 e. The van der Waals surface area contributed by atoms with Crippen LogP contribution in [0.1, 0.15) is 43.0 Å². The van der Waals surface area contributed by atoms with Crippen molar-refractivity contribution in [2.24, 2.45) is 0 Å². The highest BCUT2D eigenvalue weighted by Gasteiger charge is 2.35. The molecule has 0 saturated heterocycles. The van der Waals surface area contributed by atoms with Crippen LogP contribution in [0.15, 0.2) is 108 Å². The highest BCUT2D eigenvalue weighted by molar-refractivity contribution is 7.92. The molecule has 2 amide bonds. The molecule has 9 heteroatoms. The Morgan fingerprint density at radius 3 is 1.89 bits per heavy atom. The van der Waals surface area contributed by atoms with Crippen LogP contribution in [0.5, 0.6) is 0 Å². The van der Waals surface area contributed by atoms with E-state index >= 15 is 0 Å². The van der Waals surface area contributed by atoms with Gasteiger partial charge in [-0.2, -0.15) is 0 Å². The second kappa shape index (κ2) is 14.3. The van der Waals surface area contributed by atoms with Crippen molar-refractivity contribution in [3.05, 3.63) is 130 Å². The number of rotatable bonds is 11. The Hall–Kier alpha value is -4.14. The molecule has 1 unspecified atom stereocenters. The zero-order valence-electron chi connectivity index (χ0n) is 26.3. The summed E-state index contributed by atoms with van der Waals surface area (Å²) in [5, 5.41) is 3.47. The van der Waals surface area contributed by atoms with Gasteiger partial charge in [0.05, 0.1) is 10.6 Å². The van der Waals surface area contributed by atoms with Gasteiger partial charge in [0.25, 0.3) is 10.0 Å². The zero-order chi connectivity index (χ0) is 32.8. The molecule has 0 fully saturated rings. The maximum absolute atomic E-state index is 14.5. The fourth-order valence-electron chi connectivity index (χ4n) is 4.87. The first-order valence-corrected chi connectivity index (χ1v) is 16.6. The summed E-state index contributed by atoms with van der Waals surface area (Å²) in [6, 6.07) is 29.1. The predicted molar refractivity (Wildman–Crippen MR) is 181 cm³/mol. The summed E-state index contributed by atoms with van der Waals surface area (Å²) in [5.74, 6) is -0.850. The Morgan fingerprint density at radius 2 is 1.33 bits per heavy atom. The number of hydrogen-bond donors (Lipinski definition) is 1. The first-order chi connectivity index (χ1) is 21.2. The van der Waals surface area contributed by atoms with Crippen LogP contribution in [0, 0.1) is 13.8 Å². The van der Waals surface area contributed by atoms with Crippen molar-refractivity contribution < 1.29 is 18.0 Å². The van der Waals surface area contributed by atoms with Crippen LogP contribution in [0.25, 0.3) is 0 Å². The lowest BCUT2D eigenvalue weighted by molar-refractivity contribution is -0.140. The highest BCUT2D eigenvalue weighted by Crippen LogP contribution is 2.27. The van der Waals surface area contributed by atoms with Gasteiger partial charge in [0.2, 0.25) is 11.8 Å². The summed E-state index contributed by atoms with van der Waals surface area (Å²) in [7, 11) is -4.18. The van der Waals surface area contributed by atoms with E-state index in [4.69, 9.17) is 11.6 Å². The Labute approximate surface area is 271 Å². The van der Waals surface area contributed by atoms with Gasteiger partial charge in [0.1, 0.15) is 12.6 Å². The zero-order valence-corrected chi connectivity index (χ0v) is 27.9. The van der Waals surface area contributed by atoms with Crippen LogP contribution >= 0.6 is 11.6 Å². The van der Waals surface area contributed by atoms with E-state index in [1.54, 1.807) is 36.4 Å². The molecule has 0 radical (unpaired) electrons. The van der Waals surface area contributed by atoms with Crippen LogP contribution in [0.4, 0.5) is 5.69 Å². The van der Waals surface area contributed by atoms with Gasteiger partial charge < -0.3 is 10.2 Å². The number of carbonyl (C=O) groups is 2. The summed E-state index contributed by atoms with van der Waals surface area (Å²) in [4.78, 5) is 30.0. The molecule has 0 aliphatic carbocycles.